The number of carboxylic acid groups (broad SMARTS) is 1. The van der Waals surface area contributed by atoms with Crippen molar-refractivity contribution in [3.8, 4) is 5.75 Å². The fourth-order valence-corrected chi connectivity index (χ4v) is 1.27. The molecule has 0 bridgehead atoms. The van der Waals surface area contributed by atoms with Gasteiger partial charge in [0.15, 0.2) is 16.8 Å². The number of aromatic carboxylic acids is 1. The fourth-order valence-electron chi connectivity index (χ4n) is 1.27. The van der Waals surface area contributed by atoms with Crippen LogP contribution < -0.4 is 5.43 Å². The maximum atomic E-state index is 11.4. The van der Waals surface area contributed by atoms with E-state index in [0.29, 0.717) is 0 Å². The van der Waals surface area contributed by atoms with Gasteiger partial charge in [0, 0.05) is 6.07 Å². The van der Waals surface area contributed by atoms with Gasteiger partial charge in [0.25, 0.3) is 0 Å². The van der Waals surface area contributed by atoms with Crippen molar-refractivity contribution in [2.75, 3.05) is 0 Å². The summed E-state index contributed by atoms with van der Waals surface area (Å²) in [6.45, 7) is 0. The quantitative estimate of drug-likeness (QED) is 0.731. The van der Waals surface area contributed by atoms with Crippen LogP contribution >= 0.6 is 0 Å². The second-order valence-electron chi connectivity index (χ2n) is 2.93. The van der Waals surface area contributed by atoms with Gasteiger partial charge in [-0.1, -0.05) is 6.07 Å². The van der Waals surface area contributed by atoms with Gasteiger partial charge in [0.2, 0.25) is 5.76 Å². The van der Waals surface area contributed by atoms with Crippen LogP contribution in [0.15, 0.2) is 33.5 Å². The summed E-state index contributed by atoms with van der Waals surface area (Å²) in [5.74, 6) is -2.10. The molecule has 0 unspecified atom stereocenters. The Hall–Kier alpha value is -2.30. The Bertz CT molecular complexity index is 596. The molecule has 2 rings (SSSR count). The number of carboxylic acids is 1. The highest BCUT2D eigenvalue weighted by Gasteiger charge is 2.12. The molecule has 0 spiro atoms. The minimum absolute atomic E-state index is 0.109. The van der Waals surface area contributed by atoms with Crippen LogP contribution in [0.1, 0.15) is 10.6 Å². The van der Waals surface area contributed by atoms with Crippen LogP contribution in [0.4, 0.5) is 0 Å². The van der Waals surface area contributed by atoms with Gasteiger partial charge in [-0.05, 0) is 12.1 Å². The third-order valence-electron chi connectivity index (χ3n) is 1.94. The average molecular weight is 206 g/mol. The first kappa shape index (κ1) is 9.26. The molecule has 0 radical (unpaired) electrons. The van der Waals surface area contributed by atoms with Crippen LogP contribution in [-0.4, -0.2) is 16.2 Å². The van der Waals surface area contributed by atoms with Crippen molar-refractivity contribution >= 4 is 16.9 Å². The SMILES string of the molecule is O=C(O)c1cc(=O)c2cccc(O)c2o1. The van der Waals surface area contributed by atoms with E-state index in [1.165, 1.54) is 18.2 Å². The van der Waals surface area contributed by atoms with E-state index in [2.05, 4.69) is 0 Å². The summed E-state index contributed by atoms with van der Waals surface area (Å²) in [7, 11) is 0. The second kappa shape index (κ2) is 3.13. The van der Waals surface area contributed by atoms with Crippen LogP contribution in [0.25, 0.3) is 11.0 Å². The van der Waals surface area contributed by atoms with E-state index in [1.807, 2.05) is 0 Å². The maximum absolute atomic E-state index is 11.4. The Kier molecular flexibility index (Phi) is 1.93. The number of phenolic OH excluding ortho intramolecular Hbond substituents is 1. The van der Waals surface area contributed by atoms with Crippen LogP contribution in [-0.2, 0) is 0 Å². The molecule has 0 aliphatic heterocycles. The Labute approximate surface area is 83.2 Å². The molecule has 2 aromatic rings. The molecule has 0 amide bonds. The predicted octanol–water partition coefficient (Wildman–Crippen LogP) is 1.20. The largest absolute Gasteiger partial charge is 0.504 e. The van der Waals surface area contributed by atoms with Crippen molar-refractivity contribution in [1.82, 2.24) is 0 Å². The zero-order valence-corrected chi connectivity index (χ0v) is 7.43. The van der Waals surface area contributed by atoms with E-state index in [4.69, 9.17) is 9.52 Å². The number of carbonyl (C=O) groups is 1. The summed E-state index contributed by atoms with van der Waals surface area (Å²) in [5.41, 5.74) is -0.605. The molecule has 76 valence electrons. The van der Waals surface area contributed by atoms with Gasteiger partial charge < -0.3 is 14.6 Å². The number of benzene rings is 1. The van der Waals surface area contributed by atoms with Gasteiger partial charge >= 0.3 is 5.97 Å². The third-order valence-corrected chi connectivity index (χ3v) is 1.94. The molecule has 0 aliphatic rings. The molecular formula is C10H6O5. The van der Waals surface area contributed by atoms with E-state index in [1.54, 1.807) is 0 Å². The number of rotatable bonds is 1. The van der Waals surface area contributed by atoms with E-state index in [-0.39, 0.29) is 16.7 Å². The first-order valence-electron chi connectivity index (χ1n) is 4.09. The first-order chi connectivity index (χ1) is 7.09. The molecule has 0 saturated heterocycles. The second-order valence-corrected chi connectivity index (χ2v) is 2.93. The van der Waals surface area contributed by atoms with Gasteiger partial charge in [-0.3, -0.25) is 4.79 Å². The van der Waals surface area contributed by atoms with Crippen molar-refractivity contribution < 1.29 is 19.4 Å². The van der Waals surface area contributed by atoms with Gasteiger partial charge in [-0.15, -0.1) is 0 Å². The fraction of sp³-hybridized carbons (Fsp3) is 0. The molecule has 0 fully saturated rings. The topological polar surface area (TPSA) is 87.7 Å². The lowest BCUT2D eigenvalue weighted by atomic mass is 10.2. The van der Waals surface area contributed by atoms with Crippen LogP contribution in [0.3, 0.4) is 0 Å². The summed E-state index contributed by atoms with van der Waals surface area (Å²) < 4.78 is 4.89. The highest BCUT2D eigenvalue weighted by Crippen LogP contribution is 2.22. The molecule has 0 aliphatic carbocycles. The van der Waals surface area contributed by atoms with E-state index in [0.717, 1.165) is 6.07 Å². The predicted molar refractivity (Wildman–Crippen MR) is 51.1 cm³/mol. The number of phenols is 1. The smallest absolute Gasteiger partial charge is 0.371 e. The maximum Gasteiger partial charge on any atom is 0.371 e. The molecule has 2 N–H and O–H groups in total. The monoisotopic (exact) mass is 206 g/mol. The Morgan fingerprint density at radius 1 is 1.33 bits per heavy atom. The van der Waals surface area contributed by atoms with Gasteiger partial charge in [-0.25, -0.2) is 4.79 Å². The van der Waals surface area contributed by atoms with Crippen molar-refractivity contribution in [3.63, 3.8) is 0 Å². The van der Waals surface area contributed by atoms with E-state index >= 15 is 0 Å². The van der Waals surface area contributed by atoms with Gasteiger partial charge in [0.1, 0.15) is 0 Å². The summed E-state index contributed by atoms with van der Waals surface area (Å²) in [6, 6.07) is 5.13. The molecule has 1 aromatic heterocycles. The number of para-hydroxylation sites is 1. The first-order valence-corrected chi connectivity index (χ1v) is 4.09. The zero-order chi connectivity index (χ0) is 11.0. The molecule has 15 heavy (non-hydrogen) atoms. The minimum Gasteiger partial charge on any atom is -0.504 e. The lowest BCUT2D eigenvalue weighted by molar-refractivity contribution is 0.0663. The van der Waals surface area contributed by atoms with E-state index < -0.39 is 17.2 Å². The van der Waals surface area contributed by atoms with Gasteiger partial charge in [0.05, 0.1) is 5.39 Å². The normalized spacial score (nSPS) is 10.4. The molecule has 1 heterocycles. The van der Waals surface area contributed by atoms with Crippen LogP contribution in [0.2, 0.25) is 0 Å². The molecule has 5 nitrogen and oxygen atoms in total. The van der Waals surface area contributed by atoms with E-state index in [9.17, 15) is 14.7 Å². The van der Waals surface area contributed by atoms with Gasteiger partial charge in [-0.2, -0.15) is 0 Å². The summed E-state index contributed by atoms with van der Waals surface area (Å²) >= 11 is 0. The van der Waals surface area contributed by atoms with Crippen LogP contribution in [0, 0.1) is 0 Å². The number of fused-ring (bicyclic) bond motifs is 1. The Morgan fingerprint density at radius 2 is 2.07 bits per heavy atom. The van der Waals surface area contributed by atoms with Crippen molar-refractivity contribution in [3.05, 3.63) is 40.2 Å². The highest BCUT2D eigenvalue weighted by atomic mass is 16.4. The lowest BCUT2D eigenvalue weighted by Gasteiger charge is -2.00. The van der Waals surface area contributed by atoms with Crippen molar-refractivity contribution in [2.24, 2.45) is 0 Å². The van der Waals surface area contributed by atoms with Crippen molar-refractivity contribution in [2.45, 2.75) is 0 Å². The number of aromatic hydroxyl groups is 1. The summed E-state index contributed by atoms with van der Waals surface area (Å²) in [6.07, 6.45) is 0. The molecular weight excluding hydrogens is 200 g/mol. The molecule has 0 atom stereocenters. The zero-order valence-electron chi connectivity index (χ0n) is 7.43. The minimum atomic E-state index is -1.35. The molecule has 1 aromatic carbocycles. The Morgan fingerprint density at radius 3 is 2.73 bits per heavy atom. The average Bonchev–Trinajstić information content (AvgIpc) is 2.19. The molecule has 5 heteroatoms. The lowest BCUT2D eigenvalue weighted by Crippen LogP contribution is -2.06. The van der Waals surface area contributed by atoms with Crippen LogP contribution in [0.5, 0.6) is 5.75 Å². The third kappa shape index (κ3) is 1.43. The highest BCUT2D eigenvalue weighted by molar-refractivity contribution is 5.89. The standard InChI is InChI=1S/C10H6O5/c11-6-3-1-2-5-7(12)4-8(10(13)14)15-9(5)6/h1-4,11H,(H,13,14). The summed E-state index contributed by atoms with van der Waals surface area (Å²) in [4.78, 5) is 22.0. The summed E-state index contributed by atoms with van der Waals surface area (Å²) in [5, 5.41) is 18.2. The molecule has 0 saturated carbocycles. The Balaban J connectivity index is 2.92. The number of hydrogen-bond acceptors (Lipinski definition) is 4. The van der Waals surface area contributed by atoms with Crippen molar-refractivity contribution in [1.29, 1.82) is 0 Å². The number of hydrogen-bond donors (Lipinski definition) is 2.